The number of fused-ring (bicyclic) bond motifs is 1. The first-order chi connectivity index (χ1) is 5.75. The first kappa shape index (κ1) is 6.90. The monoisotopic (exact) mass is 162 g/mol. The third kappa shape index (κ3) is 1.05. The van der Waals surface area contributed by atoms with E-state index >= 15 is 0 Å². The zero-order chi connectivity index (χ0) is 8.55. The van der Waals surface area contributed by atoms with E-state index in [2.05, 4.69) is 19.9 Å². The molecule has 0 spiro atoms. The van der Waals surface area contributed by atoms with Gasteiger partial charge in [0.2, 0.25) is 0 Å². The van der Waals surface area contributed by atoms with Crippen molar-refractivity contribution in [3.05, 3.63) is 28.6 Å². The van der Waals surface area contributed by atoms with Crippen LogP contribution in [0.25, 0.3) is 11.2 Å². The van der Waals surface area contributed by atoms with Gasteiger partial charge in [-0.15, -0.1) is 0 Å². The van der Waals surface area contributed by atoms with Crippen LogP contribution in [0.15, 0.2) is 17.2 Å². The Balaban J connectivity index is 2.89. The van der Waals surface area contributed by atoms with Crippen LogP contribution in [0.3, 0.4) is 0 Å². The molecule has 0 atom stereocenters. The fraction of sp³-hybridized carbons (Fsp3) is 0.143. The van der Waals surface area contributed by atoms with Crippen LogP contribution in [0.5, 0.6) is 0 Å². The molecule has 0 aliphatic heterocycles. The van der Waals surface area contributed by atoms with E-state index in [9.17, 15) is 4.79 Å². The molecule has 2 aromatic rings. The maximum absolute atomic E-state index is 10.8. The summed E-state index contributed by atoms with van der Waals surface area (Å²) in [6, 6.07) is 0. The van der Waals surface area contributed by atoms with Crippen LogP contribution in [-0.2, 0) is 0 Å². The van der Waals surface area contributed by atoms with Crippen molar-refractivity contribution < 1.29 is 0 Å². The molecule has 0 aliphatic carbocycles. The van der Waals surface area contributed by atoms with Gasteiger partial charge < -0.3 is 0 Å². The number of aromatic amines is 1. The van der Waals surface area contributed by atoms with Crippen LogP contribution in [0, 0.1) is 6.92 Å². The summed E-state index contributed by atoms with van der Waals surface area (Å²) < 4.78 is 0. The lowest BCUT2D eigenvalue weighted by molar-refractivity contribution is 1.06. The van der Waals surface area contributed by atoms with Crippen molar-refractivity contribution in [2.45, 2.75) is 6.92 Å². The lowest BCUT2D eigenvalue weighted by Crippen LogP contribution is -2.10. The van der Waals surface area contributed by atoms with Crippen molar-refractivity contribution in [3.63, 3.8) is 0 Å². The van der Waals surface area contributed by atoms with Crippen LogP contribution >= 0.6 is 0 Å². The first-order valence-corrected chi connectivity index (χ1v) is 3.44. The fourth-order valence-electron chi connectivity index (χ4n) is 0.926. The van der Waals surface area contributed by atoms with Crippen LogP contribution in [0.1, 0.15) is 5.69 Å². The van der Waals surface area contributed by atoms with E-state index in [0.717, 1.165) is 5.69 Å². The predicted molar refractivity (Wildman–Crippen MR) is 42.7 cm³/mol. The molecule has 0 saturated carbocycles. The van der Waals surface area contributed by atoms with Gasteiger partial charge in [0.15, 0.2) is 5.65 Å². The molecule has 5 nitrogen and oxygen atoms in total. The van der Waals surface area contributed by atoms with Crippen LogP contribution < -0.4 is 5.69 Å². The number of hydrogen-bond acceptors (Lipinski definition) is 4. The minimum atomic E-state index is -0.401. The van der Waals surface area contributed by atoms with E-state index < -0.39 is 5.69 Å². The average Bonchev–Trinajstić information content (AvgIpc) is 2.03. The molecular weight excluding hydrogens is 156 g/mol. The molecule has 0 aromatic carbocycles. The molecule has 0 radical (unpaired) electrons. The average molecular weight is 162 g/mol. The zero-order valence-electron chi connectivity index (χ0n) is 6.40. The van der Waals surface area contributed by atoms with Gasteiger partial charge in [-0.05, 0) is 6.92 Å². The third-order valence-corrected chi connectivity index (χ3v) is 1.45. The lowest BCUT2D eigenvalue weighted by atomic mass is 10.4. The molecular formula is C7H6N4O. The Labute approximate surface area is 67.5 Å². The van der Waals surface area contributed by atoms with E-state index in [1.54, 1.807) is 6.20 Å². The van der Waals surface area contributed by atoms with E-state index in [4.69, 9.17) is 0 Å². The Kier molecular flexibility index (Phi) is 1.36. The second-order valence-electron chi connectivity index (χ2n) is 2.43. The van der Waals surface area contributed by atoms with Gasteiger partial charge in [0.05, 0.1) is 11.9 Å². The molecule has 2 rings (SSSR count). The van der Waals surface area contributed by atoms with Gasteiger partial charge in [-0.2, -0.15) is 4.98 Å². The molecule has 5 heteroatoms. The summed E-state index contributed by atoms with van der Waals surface area (Å²) in [6.45, 7) is 1.81. The van der Waals surface area contributed by atoms with Gasteiger partial charge in [-0.1, -0.05) is 0 Å². The van der Waals surface area contributed by atoms with Crippen LogP contribution in [0.4, 0.5) is 0 Å². The van der Waals surface area contributed by atoms with Gasteiger partial charge in [0, 0.05) is 6.20 Å². The molecule has 0 fully saturated rings. The van der Waals surface area contributed by atoms with Crippen LogP contribution in [0.2, 0.25) is 0 Å². The van der Waals surface area contributed by atoms with Crippen molar-refractivity contribution in [2.75, 3.05) is 0 Å². The van der Waals surface area contributed by atoms with Crippen molar-refractivity contribution in [2.24, 2.45) is 0 Å². The standard InChI is InChI=1S/C7H6N4O/c1-4-2-8-5-3-9-7(12)11-6(5)10-4/h2-3H,1H3,(H,9,10,11,12). The SMILES string of the molecule is Cc1cnc2cnc(=O)[nH]c2n1. The topological polar surface area (TPSA) is 71.5 Å². The first-order valence-electron chi connectivity index (χ1n) is 3.44. The maximum Gasteiger partial charge on any atom is 0.346 e. The second-order valence-corrected chi connectivity index (χ2v) is 2.43. The summed E-state index contributed by atoms with van der Waals surface area (Å²) in [4.78, 5) is 24.9. The summed E-state index contributed by atoms with van der Waals surface area (Å²) in [5.74, 6) is 0. The van der Waals surface area contributed by atoms with E-state index in [-0.39, 0.29) is 0 Å². The Morgan fingerprint density at radius 1 is 1.33 bits per heavy atom. The van der Waals surface area contributed by atoms with Crippen LogP contribution in [-0.4, -0.2) is 19.9 Å². The highest BCUT2D eigenvalue weighted by atomic mass is 16.1. The molecule has 0 unspecified atom stereocenters. The van der Waals surface area contributed by atoms with Crippen molar-refractivity contribution in [1.29, 1.82) is 0 Å². The van der Waals surface area contributed by atoms with E-state index in [0.29, 0.717) is 11.2 Å². The number of aryl methyl sites for hydroxylation is 1. The van der Waals surface area contributed by atoms with Gasteiger partial charge in [-0.25, -0.2) is 14.8 Å². The summed E-state index contributed by atoms with van der Waals surface area (Å²) in [7, 11) is 0. The number of rotatable bonds is 0. The molecule has 0 amide bonds. The molecule has 0 aliphatic rings. The second kappa shape index (κ2) is 2.37. The van der Waals surface area contributed by atoms with Crippen molar-refractivity contribution in [3.8, 4) is 0 Å². The van der Waals surface area contributed by atoms with E-state index in [1.807, 2.05) is 6.92 Å². The van der Waals surface area contributed by atoms with Gasteiger partial charge in [-0.3, -0.25) is 4.98 Å². The zero-order valence-corrected chi connectivity index (χ0v) is 6.40. The maximum atomic E-state index is 10.8. The quantitative estimate of drug-likeness (QED) is 0.592. The van der Waals surface area contributed by atoms with Gasteiger partial charge in [0.1, 0.15) is 5.52 Å². The molecule has 60 valence electrons. The largest absolute Gasteiger partial charge is 0.346 e. The molecule has 2 aromatic heterocycles. The minimum Gasteiger partial charge on any atom is -0.289 e. The molecule has 1 N–H and O–H groups in total. The smallest absolute Gasteiger partial charge is 0.289 e. The summed E-state index contributed by atoms with van der Waals surface area (Å²) >= 11 is 0. The highest BCUT2D eigenvalue weighted by molar-refractivity contribution is 5.67. The molecule has 0 bridgehead atoms. The summed E-state index contributed by atoms with van der Waals surface area (Å²) in [5, 5.41) is 0. The number of nitrogens with one attached hydrogen (secondary N) is 1. The third-order valence-electron chi connectivity index (χ3n) is 1.45. The highest BCUT2D eigenvalue weighted by Gasteiger charge is 1.96. The number of H-pyrrole nitrogens is 1. The van der Waals surface area contributed by atoms with Gasteiger partial charge in [0.25, 0.3) is 0 Å². The Hall–Kier alpha value is -1.78. The normalized spacial score (nSPS) is 10.4. The molecule has 0 saturated heterocycles. The summed E-state index contributed by atoms with van der Waals surface area (Å²) in [6.07, 6.45) is 3.03. The highest BCUT2D eigenvalue weighted by Crippen LogP contribution is 2.00. The number of nitrogens with zero attached hydrogens (tertiary/aromatic N) is 3. The summed E-state index contributed by atoms with van der Waals surface area (Å²) in [5.41, 5.74) is 1.45. The van der Waals surface area contributed by atoms with Gasteiger partial charge >= 0.3 is 5.69 Å². The minimum absolute atomic E-state index is 0.401. The fourth-order valence-corrected chi connectivity index (χ4v) is 0.926. The molecule has 12 heavy (non-hydrogen) atoms. The predicted octanol–water partition coefficient (Wildman–Crippen LogP) is 0.0215. The van der Waals surface area contributed by atoms with E-state index in [1.165, 1.54) is 6.20 Å². The Morgan fingerprint density at radius 3 is 3.00 bits per heavy atom. The Morgan fingerprint density at radius 2 is 2.17 bits per heavy atom. The molecule has 2 heterocycles. The van der Waals surface area contributed by atoms with Crippen molar-refractivity contribution >= 4 is 11.2 Å². The Bertz CT molecular complexity index is 476. The number of hydrogen-bond donors (Lipinski definition) is 1. The number of aromatic nitrogens is 4. The lowest BCUT2D eigenvalue weighted by Gasteiger charge is -1.94. The van der Waals surface area contributed by atoms with Crippen molar-refractivity contribution in [1.82, 2.24) is 19.9 Å².